The van der Waals surface area contributed by atoms with Crippen molar-refractivity contribution in [2.75, 3.05) is 5.32 Å². The second-order valence-electron chi connectivity index (χ2n) is 5.29. The Balaban J connectivity index is 1.55. The lowest BCUT2D eigenvalue weighted by Gasteiger charge is -1.97. The number of nitrogens with one attached hydrogen (secondary N) is 1. The van der Waals surface area contributed by atoms with Crippen molar-refractivity contribution in [3.05, 3.63) is 66.1 Å². The Morgan fingerprint density at radius 3 is 2.60 bits per heavy atom. The van der Waals surface area contributed by atoms with Crippen LogP contribution in [0.1, 0.15) is 16.1 Å². The number of rotatable bonds is 4. The summed E-state index contributed by atoms with van der Waals surface area (Å²) >= 11 is 0. The maximum atomic E-state index is 12.5. The zero-order valence-corrected chi connectivity index (χ0v) is 13.2. The van der Waals surface area contributed by atoms with Gasteiger partial charge in [-0.3, -0.25) is 10.1 Å². The Morgan fingerprint density at radius 2 is 1.84 bits per heavy atom. The predicted molar refractivity (Wildman–Crippen MR) is 88.8 cm³/mol. The van der Waals surface area contributed by atoms with E-state index in [4.69, 9.17) is 13.3 Å². The van der Waals surface area contributed by atoms with Gasteiger partial charge in [-0.15, -0.1) is 5.10 Å². The molecule has 4 rings (SSSR count). The molecule has 0 aliphatic carbocycles. The topological polar surface area (TPSA) is 94.3 Å². The summed E-state index contributed by atoms with van der Waals surface area (Å²) in [7, 11) is 0. The third kappa shape index (κ3) is 2.94. The van der Waals surface area contributed by atoms with E-state index >= 15 is 0 Å². The number of benzene rings is 1. The lowest BCUT2D eigenvalue weighted by Crippen LogP contribution is -2.12. The molecule has 124 valence electrons. The molecule has 3 heterocycles. The van der Waals surface area contributed by atoms with Gasteiger partial charge in [0.15, 0.2) is 5.76 Å². The Kier molecular flexibility index (Phi) is 3.66. The van der Waals surface area contributed by atoms with Crippen LogP contribution in [0.15, 0.2) is 68.0 Å². The standard InChI is InChI=1S/C18H13N3O4/c1-11-13(10-15(24-11)12-6-3-2-4-7-12)16(22)19-18-21-20-17(25-18)14-8-5-9-23-14/h2-10H,1H3,(H,19,21,22). The van der Waals surface area contributed by atoms with Crippen LogP contribution in [0.4, 0.5) is 6.01 Å². The zero-order valence-electron chi connectivity index (χ0n) is 13.2. The monoisotopic (exact) mass is 335 g/mol. The molecule has 4 aromatic rings. The fraction of sp³-hybridized carbons (Fsp3) is 0.0556. The summed E-state index contributed by atoms with van der Waals surface area (Å²) in [4.78, 5) is 12.5. The summed E-state index contributed by atoms with van der Waals surface area (Å²) < 4.78 is 16.2. The molecule has 0 atom stereocenters. The molecule has 7 nitrogen and oxygen atoms in total. The first-order valence-electron chi connectivity index (χ1n) is 7.55. The van der Waals surface area contributed by atoms with Crippen LogP contribution >= 0.6 is 0 Å². The highest BCUT2D eigenvalue weighted by atomic mass is 16.4. The van der Waals surface area contributed by atoms with E-state index in [2.05, 4.69) is 15.5 Å². The molecule has 0 bridgehead atoms. The predicted octanol–water partition coefficient (Wildman–Crippen LogP) is 4.15. The van der Waals surface area contributed by atoms with Crippen molar-refractivity contribution in [3.63, 3.8) is 0 Å². The number of anilines is 1. The van der Waals surface area contributed by atoms with E-state index in [1.807, 2.05) is 30.3 Å². The van der Waals surface area contributed by atoms with Crippen molar-refractivity contribution < 1.29 is 18.0 Å². The smallest absolute Gasteiger partial charge is 0.322 e. The lowest BCUT2D eigenvalue weighted by atomic mass is 10.1. The van der Waals surface area contributed by atoms with Crippen LogP contribution in [-0.2, 0) is 0 Å². The number of amides is 1. The Hall–Kier alpha value is -3.61. The first kappa shape index (κ1) is 14.9. The summed E-state index contributed by atoms with van der Waals surface area (Å²) in [5.41, 5.74) is 1.29. The molecule has 0 radical (unpaired) electrons. The van der Waals surface area contributed by atoms with Gasteiger partial charge in [-0.05, 0) is 25.1 Å². The fourth-order valence-corrected chi connectivity index (χ4v) is 2.39. The van der Waals surface area contributed by atoms with Crippen molar-refractivity contribution in [1.82, 2.24) is 10.2 Å². The average Bonchev–Trinajstić information content (AvgIpc) is 3.35. The minimum Gasteiger partial charge on any atom is -0.461 e. The second-order valence-corrected chi connectivity index (χ2v) is 5.29. The van der Waals surface area contributed by atoms with E-state index in [-0.39, 0.29) is 11.9 Å². The second kappa shape index (κ2) is 6.12. The molecule has 0 spiro atoms. The van der Waals surface area contributed by atoms with Crippen LogP contribution in [0.3, 0.4) is 0 Å². The number of hydrogen-bond acceptors (Lipinski definition) is 6. The van der Waals surface area contributed by atoms with Crippen LogP contribution in [0, 0.1) is 6.92 Å². The van der Waals surface area contributed by atoms with Crippen LogP contribution in [0.2, 0.25) is 0 Å². The van der Waals surface area contributed by atoms with E-state index in [0.717, 1.165) is 5.56 Å². The molecule has 1 amide bonds. The van der Waals surface area contributed by atoms with Crippen molar-refractivity contribution in [1.29, 1.82) is 0 Å². The highest BCUT2D eigenvalue weighted by Gasteiger charge is 2.19. The number of carbonyl (C=O) groups is 1. The van der Waals surface area contributed by atoms with Crippen molar-refractivity contribution in [2.24, 2.45) is 0 Å². The maximum Gasteiger partial charge on any atom is 0.322 e. The molecule has 0 aliphatic heterocycles. The molecule has 0 aliphatic rings. The van der Waals surface area contributed by atoms with Gasteiger partial charge in [0.05, 0.1) is 11.8 Å². The fourth-order valence-electron chi connectivity index (χ4n) is 2.39. The highest BCUT2D eigenvalue weighted by molar-refractivity contribution is 6.04. The van der Waals surface area contributed by atoms with Gasteiger partial charge in [0.1, 0.15) is 11.5 Å². The van der Waals surface area contributed by atoms with Gasteiger partial charge in [-0.25, -0.2) is 0 Å². The molecule has 3 aromatic heterocycles. The van der Waals surface area contributed by atoms with Gasteiger partial charge >= 0.3 is 6.01 Å². The molecule has 1 N–H and O–H groups in total. The normalized spacial score (nSPS) is 10.8. The van der Waals surface area contributed by atoms with E-state index in [9.17, 15) is 4.79 Å². The number of aryl methyl sites for hydroxylation is 1. The first-order chi connectivity index (χ1) is 12.2. The maximum absolute atomic E-state index is 12.5. The van der Waals surface area contributed by atoms with Gasteiger partial charge in [-0.1, -0.05) is 35.4 Å². The van der Waals surface area contributed by atoms with Gasteiger partial charge < -0.3 is 13.3 Å². The molecule has 0 fully saturated rings. The summed E-state index contributed by atoms with van der Waals surface area (Å²) in [5, 5.41) is 10.2. The van der Waals surface area contributed by atoms with Crippen molar-refractivity contribution in [2.45, 2.75) is 6.92 Å². The van der Waals surface area contributed by atoms with Crippen LogP contribution in [-0.4, -0.2) is 16.1 Å². The SMILES string of the molecule is Cc1oc(-c2ccccc2)cc1C(=O)Nc1nnc(-c2ccco2)o1. The van der Waals surface area contributed by atoms with Crippen LogP contribution in [0.5, 0.6) is 0 Å². The van der Waals surface area contributed by atoms with E-state index in [1.54, 1.807) is 25.1 Å². The quantitative estimate of drug-likeness (QED) is 0.602. The van der Waals surface area contributed by atoms with Crippen molar-refractivity contribution >= 4 is 11.9 Å². The summed E-state index contributed by atoms with van der Waals surface area (Å²) in [6, 6.07) is 14.6. The molecule has 0 unspecified atom stereocenters. The molecular weight excluding hydrogens is 322 g/mol. The Bertz CT molecular complexity index is 1000. The number of furan rings is 2. The average molecular weight is 335 g/mol. The molecule has 1 aromatic carbocycles. The largest absolute Gasteiger partial charge is 0.461 e. The number of hydrogen-bond donors (Lipinski definition) is 1. The minimum absolute atomic E-state index is 0.0155. The van der Waals surface area contributed by atoms with E-state index in [1.165, 1.54) is 6.26 Å². The minimum atomic E-state index is -0.391. The molecule has 0 saturated heterocycles. The number of aromatic nitrogens is 2. The van der Waals surface area contributed by atoms with Crippen molar-refractivity contribution in [3.8, 4) is 23.0 Å². The molecule has 7 heteroatoms. The molecule has 0 saturated carbocycles. The summed E-state index contributed by atoms with van der Waals surface area (Å²) in [6.45, 7) is 1.73. The highest BCUT2D eigenvalue weighted by Crippen LogP contribution is 2.26. The molecular formula is C18H13N3O4. The van der Waals surface area contributed by atoms with Gasteiger partial charge in [0, 0.05) is 5.56 Å². The third-order valence-corrected chi connectivity index (χ3v) is 3.60. The van der Waals surface area contributed by atoms with E-state index in [0.29, 0.717) is 22.8 Å². The summed E-state index contributed by atoms with van der Waals surface area (Å²) in [6.07, 6.45) is 1.50. The Labute approximate surface area is 142 Å². The molecule has 25 heavy (non-hydrogen) atoms. The summed E-state index contributed by atoms with van der Waals surface area (Å²) in [5.74, 6) is 1.35. The van der Waals surface area contributed by atoms with Crippen LogP contribution in [0.25, 0.3) is 23.0 Å². The van der Waals surface area contributed by atoms with Gasteiger partial charge in [0.25, 0.3) is 11.8 Å². The van der Waals surface area contributed by atoms with E-state index < -0.39 is 5.91 Å². The lowest BCUT2D eigenvalue weighted by molar-refractivity contribution is 0.102. The third-order valence-electron chi connectivity index (χ3n) is 3.60. The first-order valence-corrected chi connectivity index (χ1v) is 7.55. The Morgan fingerprint density at radius 1 is 1.00 bits per heavy atom. The number of carbonyl (C=O) groups excluding carboxylic acids is 1. The van der Waals surface area contributed by atoms with Gasteiger partial charge in [-0.2, -0.15) is 0 Å². The number of nitrogens with zero attached hydrogens (tertiary/aromatic N) is 2. The van der Waals surface area contributed by atoms with Crippen LogP contribution < -0.4 is 5.32 Å². The van der Waals surface area contributed by atoms with Gasteiger partial charge in [0.2, 0.25) is 0 Å². The zero-order chi connectivity index (χ0) is 17.2.